The number of benzene rings is 2. The SMILES string of the molecule is COc1ccc(CC[NH2+]Cc2ccc(OCc3c(C)noc3C)c(OC)c2)cc1. The van der Waals surface area contributed by atoms with Crippen LogP contribution in [0.1, 0.15) is 28.1 Å². The first-order chi connectivity index (χ1) is 14.1. The highest BCUT2D eigenvalue weighted by Gasteiger charge is 2.12. The van der Waals surface area contributed by atoms with Crippen LogP contribution < -0.4 is 19.5 Å². The summed E-state index contributed by atoms with van der Waals surface area (Å²) >= 11 is 0. The number of quaternary nitrogens is 1. The second kappa shape index (κ2) is 9.98. The van der Waals surface area contributed by atoms with E-state index in [0.29, 0.717) is 6.61 Å². The fourth-order valence-corrected chi connectivity index (χ4v) is 3.15. The summed E-state index contributed by atoms with van der Waals surface area (Å²) in [5, 5.41) is 6.26. The monoisotopic (exact) mass is 397 g/mol. The number of aryl methyl sites for hydroxylation is 2. The highest BCUT2D eigenvalue weighted by molar-refractivity contribution is 5.43. The lowest BCUT2D eigenvalue weighted by Crippen LogP contribution is -2.83. The highest BCUT2D eigenvalue weighted by Crippen LogP contribution is 2.29. The molecule has 0 amide bonds. The molecule has 0 aliphatic heterocycles. The van der Waals surface area contributed by atoms with E-state index in [0.717, 1.165) is 53.8 Å². The predicted molar refractivity (Wildman–Crippen MR) is 110 cm³/mol. The summed E-state index contributed by atoms with van der Waals surface area (Å²) in [7, 11) is 3.35. The van der Waals surface area contributed by atoms with E-state index in [1.165, 1.54) is 11.1 Å². The molecule has 0 bridgehead atoms. The van der Waals surface area contributed by atoms with Crippen LogP contribution >= 0.6 is 0 Å². The third-order valence-electron chi connectivity index (χ3n) is 4.96. The molecule has 0 radical (unpaired) electrons. The normalized spacial score (nSPS) is 10.8. The maximum absolute atomic E-state index is 5.95. The lowest BCUT2D eigenvalue weighted by molar-refractivity contribution is -0.670. The Bertz CT molecular complexity index is 900. The Kier molecular flexibility index (Phi) is 7.14. The summed E-state index contributed by atoms with van der Waals surface area (Å²) in [6.45, 7) is 6.11. The predicted octanol–water partition coefficient (Wildman–Crippen LogP) is 3.19. The first-order valence-corrected chi connectivity index (χ1v) is 9.76. The Morgan fingerprint density at radius 1 is 0.931 bits per heavy atom. The Labute approximate surface area is 171 Å². The minimum Gasteiger partial charge on any atom is -0.497 e. The van der Waals surface area contributed by atoms with Gasteiger partial charge in [-0.2, -0.15) is 0 Å². The fraction of sp³-hybridized carbons (Fsp3) is 0.348. The number of hydrogen-bond donors (Lipinski definition) is 1. The van der Waals surface area contributed by atoms with Crippen LogP contribution in [-0.4, -0.2) is 25.9 Å². The van der Waals surface area contributed by atoms with Gasteiger partial charge in [0.1, 0.15) is 24.7 Å². The van der Waals surface area contributed by atoms with Crippen molar-refractivity contribution in [1.29, 1.82) is 0 Å². The van der Waals surface area contributed by atoms with E-state index in [2.05, 4.69) is 28.7 Å². The highest BCUT2D eigenvalue weighted by atomic mass is 16.5. The maximum atomic E-state index is 5.95. The van der Waals surface area contributed by atoms with Crippen LogP contribution in [0.15, 0.2) is 47.0 Å². The summed E-state index contributed by atoms with van der Waals surface area (Å²) in [6, 6.07) is 14.3. The Morgan fingerprint density at radius 2 is 1.69 bits per heavy atom. The molecule has 0 saturated carbocycles. The molecule has 1 aromatic heterocycles. The quantitative estimate of drug-likeness (QED) is 0.532. The average Bonchev–Trinajstić information content (AvgIpc) is 3.07. The molecule has 0 fully saturated rings. The van der Waals surface area contributed by atoms with Crippen LogP contribution in [-0.2, 0) is 19.6 Å². The van der Waals surface area contributed by atoms with Crippen molar-refractivity contribution in [2.45, 2.75) is 33.4 Å². The van der Waals surface area contributed by atoms with E-state index in [-0.39, 0.29) is 0 Å². The van der Waals surface area contributed by atoms with E-state index < -0.39 is 0 Å². The van der Waals surface area contributed by atoms with E-state index in [4.69, 9.17) is 18.7 Å². The van der Waals surface area contributed by atoms with Crippen molar-refractivity contribution in [2.75, 3.05) is 20.8 Å². The summed E-state index contributed by atoms with van der Waals surface area (Å²) < 4.78 is 21.9. The smallest absolute Gasteiger partial charge is 0.161 e. The zero-order valence-electron chi connectivity index (χ0n) is 17.5. The molecule has 1 heterocycles. The van der Waals surface area contributed by atoms with Crippen molar-refractivity contribution in [3.63, 3.8) is 0 Å². The third-order valence-corrected chi connectivity index (χ3v) is 4.96. The molecule has 0 atom stereocenters. The molecule has 3 aromatic rings. The summed E-state index contributed by atoms with van der Waals surface area (Å²) in [6.07, 6.45) is 1.01. The van der Waals surface area contributed by atoms with Crippen molar-refractivity contribution in [3.8, 4) is 17.2 Å². The first kappa shape index (κ1) is 20.7. The van der Waals surface area contributed by atoms with Gasteiger partial charge in [0.2, 0.25) is 0 Å². The molecular formula is C23H29N2O4+. The molecule has 154 valence electrons. The van der Waals surface area contributed by atoms with Crippen molar-refractivity contribution in [1.82, 2.24) is 5.16 Å². The average molecular weight is 397 g/mol. The molecule has 0 unspecified atom stereocenters. The van der Waals surface area contributed by atoms with Crippen LogP contribution in [0.3, 0.4) is 0 Å². The molecule has 0 aliphatic carbocycles. The molecular weight excluding hydrogens is 368 g/mol. The van der Waals surface area contributed by atoms with Crippen molar-refractivity contribution in [3.05, 3.63) is 70.6 Å². The van der Waals surface area contributed by atoms with Gasteiger partial charge in [0.15, 0.2) is 11.5 Å². The minimum atomic E-state index is 0.408. The lowest BCUT2D eigenvalue weighted by Gasteiger charge is -2.12. The Hall–Kier alpha value is -2.99. The van der Waals surface area contributed by atoms with Gasteiger partial charge in [-0.1, -0.05) is 17.3 Å². The Morgan fingerprint density at radius 3 is 2.34 bits per heavy atom. The third kappa shape index (κ3) is 5.51. The fourth-order valence-electron chi connectivity index (χ4n) is 3.15. The zero-order chi connectivity index (χ0) is 20.6. The number of ether oxygens (including phenoxy) is 3. The van der Waals surface area contributed by atoms with Gasteiger partial charge < -0.3 is 24.1 Å². The standard InChI is InChI=1S/C23H28N2O4/c1-16-21(17(2)29-25-16)15-28-22-10-7-19(13-23(22)27-4)14-24-12-11-18-5-8-20(26-3)9-6-18/h5-10,13,24H,11-12,14-15H2,1-4H3/p+1. The van der Waals surface area contributed by atoms with Gasteiger partial charge in [0.05, 0.1) is 32.0 Å². The van der Waals surface area contributed by atoms with Crippen LogP contribution in [0.5, 0.6) is 17.2 Å². The number of methoxy groups -OCH3 is 2. The van der Waals surface area contributed by atoms with Crippen molar-refractivity contribution >= 4 is 0 Å². The zero-order valence-corrected chi connectivity index (χ0v) is 17.5. The molecule has 0 saturated heterocycles. The lowest BCUT2D eigenvalue weighted by atomic mass is 10.1. The van der Waals surface area contributed by atoms with Crippen LogP contribution in [0.2, 0.25) is 0 Å². The number of rotatable bonds is 10. The number of nitrogens with two attached hydrogens (primary N) is 1. The summed E-state index contributed by atoms with van der Waals surface area (Å²) in [5.74, 6) is 3.12. The van der Waals surface area contributed by atoms with Gasteiger partial charge in [-0.3, -0.25) is 0 Å². The van der Waals surface area contributed by atoms with E-state index in [1.807, 2.05) is 38.1 Å². The molecule has 2 aromatic carbocycles. The number of aromatic nitrogens is 1. The molecule has 6 nitrogen and oxygen atoms in total. The second-order valence-corrected chi connectivity index (χ2v) is 6.96. The van der Waals surface area contributed by atoms with Gasteiger partial charge in [0.25, 0.3) is 0 Å². The van der Waals surface area contributed by atoms with Crippen LogP contribution in [0.4, 0.5) is 0 Å². The summed E-state index contributed by atoms with van der Waals surface area (Å²) in [4.78, 5) is 0. The van der Waals surface area contributed by atoms with Gasteiger partial charge in [-0.25, -0.2) is 0 Å². The molecule has 0 aliphatic rings. The molecule has 29 heavy (non-hydrogen) atoms. The van der Waals surface area contributed by atoms with Gasteiger partial charge in [0, 0.05) is 12.0 Å². The number of hydrogen-bond acceptors (Lipinski definition) is 5. The number of nitrogens with zero attached hydrogens (tertiary/aromatic N) is 1. The molecule has 6 heteroatoms. The maximum Gasteiger partial charge on any atom is 0.161 e. The van der Waals surface area contributed by atoms with E-state index >= 15 is 0 Å². The molecule has 3 rings (SSSR count). The minimum absolute atomic E-state index is 0.408. The Balaban J connectivity index is 1.51. The van der Waals surface area contributed by atoms with Gasteiger partial charge in [-0.15, -0.1) is 0 Å². The topological polar surface area (TPSA) is 70.3 Å². The van der Waals surface area contributed by atoms with E-state index in [9.17, 15) is 0 Å². The summed E-state index contributed by atoms with van der Waals surface area (Å²) in [5.41, 5.74) is 4.33. The van der Waals surface area contributed by atoms with Crippen molar-refractivity contribution in [2.24, 2.45) is 0 Å². The second-order valence-electron chi connectivity index (χ2n) is 6.96. The van der Waals surface area contributed by atoms with Crippen molar-refractivity contribution < 1.29 is 24.1 Å². The van der Waals surface area contributed by atoms with Crippen LogP contribution in [0.25, 0.3) is 0 Å². The first-order valence-electron chi connectivity index (χ1n) is 9.76. The van der Waals surface area contributed by atoms with E-state index in [1.54, 1.807) is 14.2 Å². The van der Waals surface area contributed by atoms with Crippen LogP contribution in [0, 0.1) is 13.8 Å². The molecule has 2 N–H and O–H groups in total. The largest absolute Gasteiger partial charge is 0.497 e. The van der Waals surface area contributed by atoms with Gasteiger partial charge >= 0.3 is 0 Å². The van der Waals surface area contributed by atoms with Gasteiger partial charge in [-0.05, 0) is 49.7 Å². The molecule has 0 spiro atoms.